The molecule has 1 N–H and O–H groups in total. The molecule has 0 saturated heterocycles. The van der Waals surface area contributed by atoms with Crippen LogP contribution in [0.15, 0.2) is 24.3 Å². The Balaban J connectivity index is 2.22. The fraction of sp³-hybridized carbons (Fsp3) is 0.133. The van der Waals surface area contributed by atoms with Gasteiger partial charge < -0.3 is 14.8 Å². The van der Waals surface area contributed by atoms with E-state index in [2.05, 4.69) is 32.1 Å². The van der Waals surface area contributed by atoms with Crippen LogP contribution in [0.4, 0.5) is 17.3 Å². The number of hydrogen-bond acceptors (Lipinski definition) is 8. The van der Waals surface area contributed by atoms with Gasteiger partial charge in [0.15, 0.2) is 13.2 Å². The van der Waals surface area contributed by atoms with Crippen LogP contribution < -0.4 is 14.8 Å². The van der Waals surface area contributed by atoms with Gasteiger partial charge in [0, 0.05) is 17.8 Å². The molecule has 0 radical (unpaired) electrons. The summed E-state index contributed by atoms with van der Waals surface area (Å²) in [4.78, 5) is 22.1. The maximum absolute atomic E-state index is 10.6. The van der Waals surface area contributed by atoms with E-state index < -0.39 is 4.92 Å². The fourth-order valence-electron chi connectivity index (χ4n) is 1.53. The third kappa shape index (κ3) is 4.58. The average Bonchev–Trinajstić information content (AvgIpc) is 2.58. The Morgan fingerprint density at radius 2 is 1.58 bits per heavy atom. The maximum Gasteiger partial charge on any atom is 0.325 e. The van der Waals surface area contributed by atoms with Crippen molar-refractivity contribution in [3.05, 3.63) is 34.4 Å². The second kappa shape index (κ2) is 7.96. The number of nitro benzene ring substituents is 1. The molecule has 0 saturated carbocycles. The normalized spacial score (nSPS) is 9.42. The summed E-state index contributed by atoms with van der Waals surface area (Å²) >= 11 is 0. The van der Waals surface area contributed by atoms with Gasteiger partial charge in [-0.2, -0.15) is 9.97 Å². The standard InChI is InChI=1S/C15H11N5O4/c1-3-9-23-14-17-13(18-15(19-14)24-10-4-2)16-11-5-7-12(8-6-11)20(21)22/h1-2,5-8H,9-10H2,(H,16,17,18,19). The summed E-state index contributed by atoms with van der Waals surface area (Å²) in [5.74, 6) is 4.68. The molecule has 1 heterocycles. The monoisotopic (exact) mass is 325 g/mol. The Hall–Kier alpha value is -3.85. The molecule has 0 amide bonds. The van der Waals surface area contributed by atoms with Crippen LogP contribution in [0.25, 0.3) is 0 Å². The third-order valence-corrected chi connectivity index (χ3v) is 2.50. The molecule has 0 aliphatic carbocycles. The zero-order chi connectivity index (χ0) is 17.4. The molecule has 0 fully saturated rings. The van der Waals surface area contributed by atoms with Crippen molar-refractivity contribution >= 4 is 17.3 Å². The first kappa shape index (κ1) is 16.5. The van der Waals surface area contributed by atoms with Crippen LogP contribution >= 0.6 is 0 Å². The van der Waals surface area contributed by atoms with E-state index in [1.165, 1.54) is 24.3 Å². The lowest BCUT2D eigenvalue weighted by atomic mass is 10.3. The van der Waals surface area contributed by atoms with Gasteiger partial charge >= 0.3 is 12.0 Å². The van der Waals surface area contributed by atoms with E-state index in [-0.39, 0.29) is 36.9 Å². The highest BCUT2D eigenvalue weighted by atomic mass is 16.6. The third-order valence-electron chi connectivity index (χ3n) is 2.50. The molecule has 0 bridgehead atoms. The van der Waals surface area contributed by atoms with E-state index in [9.17, 15) is 10.1 Å². The molecule has 0 aliphatic rings. The molecule has 9 heteroatoms. The van der Waals surface area contributed by atoms with E-state index >= 15 is 0 Å². The summed E-state index contributed by atoms with van der Waals surface area (Å²) < 4.78 is 10.3. The zero-order valence-electron chi connectivity index (χ0n) is 12.3. The van der Waals surface area contributed by atoms with Crippen molar-refractivity contribution in [1.29, 1.82) is 0 Å². The van der Waals surface area contributed by atoms with Gasteiger partial charge in [-0.25, -0.2) is 0 Å². The summed E-state index contributed by atoms with van der Waals surface area (Å²) in [6.07, 6.45) is 10.2. The Bertz CT molecular complexity index is 772. The number of hydrogen-bond donors (Lipinski definition) is 1. The molecule has 2 aromatic rings. The van der Waals surface area contributed by atoms with E-state index in [4.69, 9.17) is 22.3 Å². The molecule has 9 nitrogen and oxygen atoms in total. The van der Waals surface area contributed by atoms with Gasteiger partial charge in [-0.05, 0) is 12.1 Å². The van der Waals surface area contributed by atoms with Crippen LogP contribution in [-0.2, 0) is 0 Å². The smallest absolute Gasteiger partial charge is 0.325 e. The summed E-state index contributed by atoms with van der Waals surface area (Å²) in [5.41, 5.74) is 0.491. The van der Waals surface area contributed by atoms with Crippen LogP contribution in [-0.4, -0.2) is 33.1 Å². The minimum atomic E-state index is -0.496. The van der Waals surface area contributed by atoms with Gasteiger partial charge in [0.05, 0.1) is 4.92 Å². The first-order valence-corrected chi connectivity index (χ1v) is 6.52. The summed E-state index contributed by atoms with van der Waals surface area (Å²) in [6, 6.07) is 5.61. The molecule has 120 valence electrons. The number of nitrogens with one attached hydrogen (secondary N) is 1. The average molecular weight is 325 g/mol. The number of aromatic nitrogens is 3. The highest BCUT2D eigenvalue weighted by Crippen LogP contribution is 2.20. The number of terminal acetylenes is 2. The number of non-ortho nitro benzene ring substituents is 1. The molecule has 2 rings (SSSR count). The van der Waals surface area contributed by atoms with E-state index in [0.717, 1.165) is 0 Å². The number of nitrogens with zero attached hydrogens (tertiary/aromatic N) is 4. The van der Waals surface area contributed by atoms with Crippen LogP contribution in [0.5, 0.6) is 12.0 Å². The predicted molar refractivity (Wildman–Crippen MR) is 84.9 cm³/mol. The Morgan fingerprint density at radius 3 is 2.04 bits per heavy atom. The first-order chi connectivity index (χ1) is 11.6. The lowest BCUT2D eigenvalue weighted by Gasteiger charge is -2.08. The van der Waals surface area contributed by atoms with Crippen LogP contribution in [0.1, 0.15) is 0 Å². The van der Waals surface area contributed by atoms with Gasteiger partial charge in [0.25, 0.3) is 5.69 Å². The van der Waals surface area contributed by atoms with E-state index in [0.29, 0.717) is 5.69 Å². The second-order valence-corrected chi connectivity index (χ2v) is 4.14. The lowest BCUT2D eigenvalue weighted by Crippen LogP contribution is -2.07. The molecule has 0 aliphatic heterocycles. The molecular weight excluding hydrogens is 314 g/mol. The van der Waals surface area contributed by atoms with Gasteiger partial charge in [-0.15, -0.1) is 17.8 Å². The topological polar surface area (TPSA) is 112 Å². The van der Waals surface area contributed by atoms with Crippen molar-refractivity contribution in [3.63, 3.8) is 0 Å². The quantitative estimate of drug-likeness (QED) is 0.463. The molecule has 1 aromatic carbocycles. The molecule has 24 heavy (non-hydrogen) atoms. The van der Waals surface area contributed by atoms with Crippen molar-refractivity contribution in [2.24, 2.45) is 0 Å². The van der Waals surface area contributed by atoms with Gasteiger partial charge in [0.2, 0.25) is 5.95 Å². The SMILES string of the molecule is C#CCOc1nc(Nc2ccc([N+](=O)[O-])cc2)nc(OCC#C)n1. The number of rotatable bonds is 7. The first-order valence-electron chi connectivity index (χ1n) is 6.52. The Kier molecular flexibility index (Phi) is 5.48. The van der Waals surface area contributed by atoms with Gasteiger partial charge in [-0.1, -0.05) is 11.8 Å². The number of nitro groups is 1. The van der Waals surface area contributed by atoms with Crippen molar-refractivity contribution in [1.82, 2.24) is 15.0 Å². The molecule has 0 spiro atoms. The molecule has 0 unspecified atom stereocenters. The van der Waals surface area contributed by atoms with Crippen molar-refractivity contribution in [2.45, 2.75) is 0 Å². The van der Waals surface area contributed by atoms with Crippen LogP contribution in [0.2, 0.25) is 0 Å². The zero-order valence-corrected chi connectivity index (χ0v) is 12.3. The predicted octanol–water partition coefficient (Wildman–Crippen LogP) is 1.55. The van der Waals surface area contributed by atoms with E-state index in [1.807, 2.05) is 0 Å². The lowest BCUT2D eigenvalue weighted by molar-refractivity contribution is -0.384. The fourth-order valence-corrected chi connectivity index (χ4v) is 1.53. The summed E-state index contributed by atoms with van der Waals surface area (Å²) in [5, 5.41) is 13.5. The van der Waals surface area contributed by atoms with E-state index in [1.54, 1.807) is 0 Å². The number of anilines is 2. The summed E-state index contributed by atoms with van der Waals surface area (Å²) in [7, 11) is 0. The van der Waals surface area contributed by atoms with Gasteiger partial charge in [-0.3, -0.25) is 10.1 Å². The Morgan fingerprint density at radius 1 is 1.04 bits per heavy atom. The highest BCUT2D eigenvalue weighted by Gasteiger charge is 2.10. The minimum Gasteiger partial charge on any atom is -0.450 e. The molecule has 0 atom stereocenters. The number of benzene rings is 1. The second-order valence-electron chi connectivity index (χ2n) is 4.14. The van der Waals surface area contributed by atoms with Crippen molar-refractivity contribution < 1.29 is 14.4 Å². The van der Waals surface area contributed by atoms with Crippen molar-refractivity contribution in [3.8, 4) is 36.7 Å². The minimum absolute atomic E-state index is 0.0322. The molecule has 1 aromatic heterocycles. The Labute approximate surface area is 137 Å². The van der Waals surface area contributed by atoms with Crippen LogP contribution in [0, 0.1) is 34.8 Å². The maximum atomic E-state index is 10.6. The van der Waals surface area contributed by atoms with Crippen LogP contribution in [0.3, 0.4) is 0 Å². The largest absolute Gasteiger partial charge is 0.450 e. The highest BCUT2D eigenvalue weighted by molar-refractivity contribution is 5.55. The molecular formula is C15H11N5O4. The van der Waals surface area contributed by atoms with Crippen molar-refractivity contribution in [2.75, 3.05) is 18.5 Å². The summed E-state index contributed by atoms with van der Waals surface area (Å²) in [6.45, 7) is -0.0644. The van der Waals surface area contributed by atoms with Gasteiger partial charge in [0.1, 0.15) is 0 Å². The number of ether oxygens (including phenoxy) is 2.